The van der Waals surface area contributed by atoms with Crippen molar-refractivity contribution in [3.05, 3.63) is 59.7 Å². The van der Waals surface area contributed by atoms with Crippen molar-refractivity contribution >= 4 is 5.69 Å². The molecule has 118 valence electrons. The van der Waals surface area contributed by atoms with Gasteiger partial charge in [-0.2, -0.15) is 0 Å². The normalized spacial score (nSPS) is 12.1. The van der Waals surface area contributed by atoms with Gasteiger partial charge in [-0.25, -0.2) is 0 Å². The lowest BCUT2D eigenvalue weighted by molar-refractivity contribution is 0.308. The summed E-state index contributed by atoms with van der Waals surface area (Å²) in [4.78, 5) is 0. The average Bonchev–Trinajstić information content (AvgIpc) is 2.55. The van der Waals surface area contributed by atoms with Crippen molar-refractivity contribution in [1.82, 2.24) is 5.32 Å². The molecular formula is C19H26N2O. The summed E-state index contributed by atoms with van der Waals surface area (Å²) in [6, 6.07) is 16.7. The van der Waals surface area contributed by atoms with Crippen molar-refractivity contribution in [3.8, 4) is 5.75 Å². The molecule has 0 amide bonds. The molecule has 0 bridgehead atoms. The Morgan fingerprint density at radius 3 is 2.55 bits per heavy atom. The van der Waals surface area contributed by atoms with Crippen LogP contribution in [-0.2, 0) is 13.0 Å². The number of hydrogen-bond acceptors (Lipinski definition) is 3. The standard InChI is InChI=1S/C19H26N2O/c1-3-15(2)21-12-11-16-9-10-19(18(20)13-16)22-14-17-7-5-4-6-8-17/h4-10,13,15,21H,3,11-12,14,20H2,1-2H3. The van der Waals surface area contributed by atoms with E-state index in [2.05, 4.69) is 25.2 Å². The zero-order chi connectivity index (χ0) is 15.8. The number of nitrogen functional groups attached to an aromatic ring is 1. The molecule has 0 aliphatic carbocycles. The highest BCUT2D eigenvalue weighted by atomic mass is 16.5. The second kappa shape index (κ2) is 8.44. The Labute approximate surface area is 133 Å². The molecule has 3 heteroatoms. The van der Waals surface area contributed by atoms with E-state index in [9.17, 15) is 0 Å². The third kappa shape index (κ3) is 5.08. The van der Waals surface area contributed by atoms with E-state index in [1.54, 1.807) is 0 Å². The van der Waals surface area contributed by atoms with Crippen molar-refractivity contribution in [3.63, 3.8) is 0 Å². The second-order valence-corrected chi connectivity index (χ2v) is 5.66. The number of rotatable bonds is 8. The lowest BCUT2D eigenvalue weighted by atomic mass is 10.1. The first kappa shape index (κ1) is 16.4. The molecule has 2 aromatic carbocycles. The summed E-state index contributed by atoms with van der Waals surface area (Å²) in [5.41, 5.74) is 9.18. The summed E-state index contributed by atoms with van der Waals surface area (Å²) in [6.45, 7) is 5.90. The fourth-order valence-electron chi connectivity index (χ4n) is 2.23. The third-order valence-electron chi connectivity index (χ3n) is 3.83. The molecule has 0 heterocycles. The topological polar surface area (TPSA) is 47.3 Å². The maximum absolute atomic E-state index is 6.10. The van der Waals surface area contributed by atoms with Crippen LogP contribution in [0, 0.1) is 0 Å². The maximum atomic E-state index is 6.10. The van der Waals surface area contributed by atoms with Gasteiger partial charge in [0.15, 0.2) is 0 Å². The second-order valence-electron chi connectivity index (χ2n) is 5.66. The van der Waals surface area contributed by atoms with Crippen molar-refractivity contribution < 1.29 is 4.74 Å². The largest absolute Gasteiger partial charge is 0.487 e. The minimum Gasteiger partial charge on any atom is -0.487 e. The molecule has 22 heavy (non-hydrogen) atoms. The Bertz CT molecular complexity index is 569. The molecular weight excluding hydrogens is 272 g/mol. The van der Waals surface area contributed by atoms with Crippen LogP contribution in [0.5, 0.6) is 5.75 Å². The highest BCUT2D eigenvalue weighted by Gasteiger charge is 2.04. The molecule has 1 unspecified atom stereocenters. The van der Waals surface area contributed by atoms with Crippen LogP contribution in [0.3, 0.4) is 0 Å². The molecule has 3 N–H and O–H groups in total. The fourth-order valence-corrected chi connectivity index (χ4v) is 2.23. The summed E-state index contributed by atoms with van der Waals surface area (Å²) in [7, 11) is 0. The molecule has 0 aliphatic heterocycles. The summed E-state index contributed by atoms with van der Waals surface area (Å²) in [6.07, 6.45) is 2.13. The van der Waals surface area contributed by atoms with Crippen LogP contribution in [0.25, 0.3) is 0 Å². The van der Waals surface area contributed by atoms with Gasteiger partial charge in [0.1, 0.15) is 12.4 Å². The van der Waals surface area contributed by atoms with Gasteiger partial charge in [-0.05, 0) is 49.6 Å². The molecule has 0 saturated heterocycles. The zero-order valence-electron chi connectivity index (χ0n) is 13.5. The maximum Gasteiger partial charge on any atom is 0.142 e. The summed E-state index contributed by atoms with van der Waals surface area (Å²) in [5.74, 6) is 0.752. The third-order valence-corrected chi connectivity index (χ3v) is 3.83. The van der Waals surface area contributed by atoms with E-state index in [0.29, 0.717) is 18.3 Å². The fraction of sp³-hybridized carbons (Fsp3) is 0.368. The van der Waals surface area contributed by atoms with Crippen LogP contribution in [0.2, 0.25) is 0 Å². The molecule has 0 fully saturated rings. The number of nitrogens with two attached hydrogens (primary N) is 1. The van der Waals surface area contributed by atoms with Crippen molar-refractivity contribution in [1.29, 1.82) is 0 Å². The first-order valence-electron chi connectivity index (χ1n) is 7.97. The minimum atomic E-state index is 0.542. The van der Waals surface area contributed by atoms with Crippen LogP contribution in [0.15, 0.2) is 48.5 Å². The summed E-state index contributed by atoms with van der Waals surface area (Å²) < 4.78 is 5.80. The van der Waals surface area contributed by atoms with Crippen molar-refractivity contribution in [2.45, 2.75) is 39.3 Å². The number of nitrogens with one attached hydrogen (secondary N) is 1. The van der Waals surface area contributed by atoms with Gasteiger partial charge in [0.2, 0.25) is 0 Å². The van der Waals surface area contributed by atoms with Gasteiger partial charge < -0.3 is 15.8 Å². The molecule has 0 aromatic heterocycles. The van der Waals surface area contributed by atoms with Gasteiger partial charge in [-0.3, -0.25) is 0 Å². The van der Waals surface area contributed by atoms with Gasteiger partial charge in [0.25, 0.3) is 0 Å². The highest BCUT2D eigenvalue weighted by molar-refractivity contribution is 5.54. The summed E-state index contributed by atoms with van der Waals surface area (Å²) >= 11 is 0. The lowest BCUT2D eigenvalue weighted by Gasteiger charge is -2.13. The minimum absolute atomic E-state index is 0.542. The Balaban J connectivity index is 1.86. The number of anilines is 1. The number of benzene rings is 2. The molecule has 0 spiro atoms. The van der Waals surface area contributed by atoms with Gasteiger partial charge in [-0.15, -0.1) is 0 Å². The SMILES string of the molecule is CCC(C)NCCc1ccc(OCc2ccccc2)c(N)c1. The van der Waals surface area contributed by atoms with Crippen LogP contribution in [0.4, 0.5) is 5.69 Å². The van der Waals surface area contributed by atoms with Gasteiger partial charge in [-0.1, -0.05) is 43.3 Å². The molecule has 3 nitrogen and oxygen atoms in total. The predicted octanol–water partition coefficient (Wildman–Crippen LogP) is 3.78. The number of hydrogen-bond donors (Lipinski definition) is 2. The van der Waals surface area contributed by atoms with E-state index in [0.717, 1.165) is 30.7 Å². The Hall–Kier alpha value is -2.00. The quantitative estimate of drug-likeness (QED) is 0.729. The molecule has 0 aliphatic rings. The highest BCUT2D eigenvalue weighted by Crippen LogP contribution is 2.23. The van der Waals surface area contributed by atoms with E-state index in [4.69, 9.17) is 10.5 Å². The first-order chi connectivity index (χ1) is 10.7. The van der Waals surface area contributed by atoms with Crippen LogP contribution >= 0.6 is 0 Å². The van der Waals surface area contributed by atoms with Gasteiger partial charge >= 0.3 is 0 Å². The molecule has 2 rings (SSSR count). The molecule has 0 saturated carbocycles. The van der Waals surface area contributed by atoms with Crippen LogP contribution in [-0.4, -0.2) is 12.6 Å². The first-order valence-corrected chi connectivity index (χ1v) is 7.97. The van der Waals surface area contributed by atoms with Crippen LogP contribution in [0.1, 0.15) is 31.4 Å². The Kier molecular flexibility index (Phi) is 6.28. The predicted molar refractivity (Wildman–Crippen MR) is 93.1 cm³/mol. The van der Waals surface area contributed by atoms with E-state index < -0.39 is 0 Å². The van der Waals surface area contributed by atoms with Crippen molar-refractivity contribution in [2.75, 3.05) is 12.3 Å². The van der Waals surface area contributed by atoms with Crippen molar-refractivity contribution in [2.24, 2.45) is 0 Å². The van der Waals surface area contributed by atoms with Crippen LogP contribution < -0.4 is 15.8 Å². The van der Waals surface area contributed by atoms with Gasteiger partial charge in [0, 0.05) is 6.04 Å². The summed E-state index contributed by atoms with van der Waals surface area (Å²) in [5, 5.41) is 3.49. The molecule has 2 aromatic rings. The number of ether oxygens (including phenoxy) is 1. The lowest BCUT2D eigenvalue weighted by Crippen LogP contribution is -2.27. The Morgan fingerprint density at radius 1 is 1.09 bits per heavy atom. The molecule has 1 atom stereocenters. The monoisotopic (exact) mass is 298 g/mol. The molecule has 0 radical (unpaired) electrons. The zero-order valence-corrected chi connectivity index (χ0v) is 13.5. The Morgan fingerprint density at radius 2 is 1.86 bits per heavy atom. The van der Waals surface area contributed by atoms with E-state index in [-0.39, 0.29) is 0 Å². The smallest absolute Gasteiger partial charge is 0.142 e. The van der Waals surface area contributed by atoms with E-state index >= 15 is 0 Å². The van der Waals surface area contributed by atoms with Gasteiger partial charge in [0.05, 0.1) is 5.69 Å². The average molecular weight is 298 g/mol. The van der Waals surface area contributed by atoms with E-state index in [1.165, 1.54) is 5.56 Å². The van der Waals surface area contributed by atoms with E-state index in [1.807, 2.05) is 42.5 Å².